The third-order valence-electron chi connectivity index (χ3n) is 4.37. The van der Waals surface area contributed by atoms with Gasteiger partial charge in [0.15, 0.2) is 0 Å². The van der Waals surface area contributed by atoms with Crippen molar-refractivity contribution in [3.8, 4) is 0 Å². The highest BCUT2D eigenvalue weighted by Gasteiger charge is 2.25. The Hall–Kier alpha value is -1.79. The maximum atomic E-state index is 12.7. The highest BCUT2D eigenvalue weighted by molar-refractivity contribution is 6.01. The van der Waals surface area contributed by atoms with E-state index in [0.29, 0.717) is 25.1 Å². The summed E-state index contributed by atoms with van der Waals surface area (Å²) in [5, 5.41) is 6.18. The molecule has 2 amide bonds. The first-order valence-corrected chi connectivity index (χ1v) is 7.73. The van der Waals surface area contributed by atoms with Crippen molar-refractivity contribution in [2.45, 2.75) is 19.4 Å². The lowest BCUT2D eigenvalue weighted by Crippen LogP contribution is -2.52. The number of hydrogen-bond donors (Lipinski definition) is 2. The molecule has 0 radical (unpaired) electrons. The van der Waals surface area contributed by atoms with Crippen LogP contribution in [0.25, 0.3) is 0 Å². The molecule has 1 aromatic rings. The van der Waals surface area contributed by atoms with Gasteiger partial charge in [0.1, 0.15) is 0 Å². The summed E-state index contributed by atoms with van der Waals surface area (Å²) in [5.41, 5.74) is 2.30. The van der Waals surface area contributed by atoms with Crippen LogP contribution in [0.2, 0.25) is 0 Å². The normalized spacial score (nSPS) is 21.0. The number of nitrogens with one attached hydrogen (secondary N) is 2. The number of benzene rings is 1. The lowest BCUT2D eigenvalue weighted by molar-refractivity contribution is -0.115. The molecular formula is C16H23ClN4O2. The van der Waals surface area contributed by atoms with Crippen molar-refractivity contribution in [1.29, 1.82) is 0 Å². The Bertz CT molecular complexity index is 608. The van der Waals surface area contributed by atoms with Gasteiger partial charge in [0.05, 0.1) is 11.4 Å². The average molecular weight is 339 g/mol. The molecule has 2 N–H and O–H groups in total. The molecule has 2 heterocycles. The maximum absolute atomic E-state index is 12.7. The van der Waals surface area contributed by atoms with E-state index in [9.17, 15) is 9.59 Å². The highest BCUT2D eigenvalue weighted by atomic mass is 35.5. The van der Waals surface area contributed by atoms with Crippen molar-refractivity contribution in [3.63, 3.8) is 0 Å². The van der Waals surface area contributed by atoms with Crippen LogP contribution >= 0.6 is 12.4 Å². The van der Waals surface area contributed by atoms with Crippen LogP contribution in [0.3, 0.4) is 0 Å². The zero-order valence-electron chi connectivity index (χ0n) is 13.5. The van der Waals surface area contributed by atoms with Crippen molar-refractivity contribution < 1.29 is 9.59 Å². The molecule has 1 atom stereocenters. The fraction of sp³-hybridized carbons (Fsp3) is 0.500. The minimum atomic E-state index is -0.00857. The molecule has 0 spiro atoms. The predicted octanol–water partition coefficient (Wildman–Crippen LogP) is 1.32. The molecule has 2 aliphatic heterocycles. The number of rotatable bonds is 1. The summed E-state index contributed by atoms with van der Waals surface area (Å²) in [6.07, 6.45) is 0.462. The van der Waals surface area contributed by atoms with Crippen LogP contribution in [0, 0.1) is 0 Å². The van der Waals surface area contributed by atoms with Crippen molar-refractivity contribution in [1.82, 2.24) is 10.2 Å². The van der Waals surface area contributed by atoms with Crippen LogP contribution < -0.4 is 15.5 Å². The van der Waals surface area contributed by atoms with Gasteiger partial charge in [0.25, 0.3) is 5.91 Å². The summed E-state index contributed by atoms with van der Waals surface area (Å²) in [5.74, 6) is 0.0173. The summed E-state index contributed by atoms with van der Waals surface area (Å²) in [6, 6.07) is 5.74. The van der Waals surface area contributed by atoms with Gasteiger partial charge < -0.3 is 20.4 Å². The molecule has 1 fully saturated rings. The van der Waals surface area contributed by atoms with E-state index in [2.05, 4.69) is 10.6 Å². The third kappa shape index (κ3) is 3.59. The molecule has 0 bridgehead atoms. The molecular weight excluding hydrogens is 316 g/mol. The van der Waals surface area contributed by atoms with E-state index in [4.69, 9.17) is 0 Å². The minimum absolute atomic E-state index is 0. The predicted molar refractivity (Wildman–Crippen MR) is 93.6 cm³/mol. The van der Waals surface area contributed by atoms with E-state index in [-0.39, 0.29) is 30.3 Å². The fourth-order valence-corrected chi connectivity index (χ4v) is 3.01. The molecule has 1 aromatic carbocycles. The molecule has 0 saturated carbocycles. The molecule has 2 aliphatic rings. The molecule has 23 heavy (non-hydrogen) atoms. The summed E-state index contributed by atoms with van der Waals surface area (Å²) in [4.78, 5) is 28.4. The van der Waals surface area contributed by atoms with E-state index in [0.717, 1.165) is 24.5 Å². The van der Waals surface area contributed by atoms with Gasteiger partial charge in [-0.1, -0.05) is 0 Å². The Morgan fingerprint density at radius 1 is 1.30 bits per heavy atom. The Kier molecular flexibility index (Phi) is 5.49. The van der Waals surface area contributed by atoms with Crippen molar-refractivity contribution in [3.05, 3.63) is 23.8 Å². The lowest BCUT2D eigenvalue weighted by Gasteiger charge is -2.34. The van der Waals surface area contributed by atoms with Gasteiger partial charge in [-0.15, -0.1) is 12.4 Å². The average Bonchev–Trinajstić information content (AvgIpc) is 2.65. The standard InChI is InChI=1S/C16H22N4O2.ClH/c1-11-10-17-6-8-20(11)16(22)12-3-4-14-13(9-12)18-15(21)5-7-19(14)2;/h3-4,9,11,17H,5-8,10H2,1-2H3,(H,18,21);1H. The topological polar surface area (TPSA) is 64.7 Å². The summed E-state index contributed by atoms with van der Waals surface area (Å²) >= 11 is 0. The molecule has 0 aliphatic carbocycles. The van der Waals surface area contributed by atoms with Gasteiger partial charge in [-0.05, 0) is 25.1 Å². The lowest BCUT2D eigenvalue weighted by atomic mass is 10.1. The summed E-state index contributed by atoms with van der Waals surface area (Å²) in [6.45, 7) is 5.07. The van der Waals surface area contributed by atoms with Crippen LogP contribution in [0.15, 0.2) is 18.2 Å². The number of halogens is 1. The number of hydrogen-bond acceptors (Lipinski definition) is 4. The number of carbonyl (C=O) groups is 2. The van der Waals surface area contributed by atoms with Crippen molar-refractivity contribution in [2.24, 2.45) is 0 Å². The summed E-state index contributed by atoms with van der Waals surface area (Å²) < 4.78 is 0. The number of piperazine rings is 1. The van der Waals surface area contributed by atoms with Gasteiger partial charge in [-0.2, -0.15) is 0 Å². The fourth-order valence-electron chi connectivity index (χ4n) is 3.01. The first-order chi connectivity index (χ1) is 10.6. The maximum Gasteiger partial charge on any atom is 0.254 e. The van der Waals surface area contributed by atoms with Gasteiger partial charge in [-0.25, -0.2) is 0 Å². The van der Waals surface area contributed by atoms with E-state index in [1.54, 1.807) is 6.07 Å². The molecule has 1 unspecified atom stereocenters. The summed E-state index contributed by atoms with van der Waals surface area (Å²) in [7, 11) is 1.96. The molecule has 7 heteroatoms. The third-order valence-corrected chi connectivity index (χ3v) is 4.37. The Morgan fingerprint density at radius 2 is 2.09 bits per heavy atom. The van der Waals surface area contributed by atoms with Crippen LogP contribution in [0.4, 0.5) is 11.4 Å². The number of fused-ring (bicyclic) bond motifs is 1. The second kappa shape index (κ2) is 7.19. The van der Waals surface area contributed by atoms with E-state index < -0.39 is 0 Å². The van der Waals surface area contributed by atoms with Crippen LogP contribution in [0.5, 0.6) is 0 Å². The largest absolute Gasteiger partial charge is 0.372 e. The Morgan fingerprint density at radius 3 is 2.83 bits per heavy atom. The zero-order chi connectivity index (χ0) is 15.7. The Labute approximate surface area is 142 Å². The van der Waals surface area contributed by atoms with Gasteiger partial charge >= 0.3 is 0 Å². The zero-order valence-corrected chi connectivity index (χ0v) is 14.3. The number of carbonyl (C=O) groups excluding carboxylic acids is 2. The first-order valence-electron chi connectivity index (χ1n) is 7.73. The highest BCUT2D eigenvalue weighted by Crippen LogP contribution is 2.29. The number of amides is 2. The van der Waals surface area contributed by atoms with E-state index in [1.807, 2.05) is 35.9 Å². The van der Waals surface area contributed by atoms with E-state index in [1.165, 1.54) is 0 Å². The smallest absolute Gasteiger partial charge is 0.254 e. The van der Waals surface area contributed by atoms with Crippen LogP contribution in [-0.2, 0) is 4.79 Å². The van der Waals surface area contributed by atoms with Crippen LogP contribution in [0.1, 0.15) is 23.7 Å². The Balaban J connectivity index is 0.00000192. The second-order valence-electron chi connectivity index (χ2n) is 6.00. The monoisotopic (exact) mass is 338 g/mol. The van der Waals surface area contributed by atoms with E-state index >= 15 is 0 Å². The number of nitrogens with zero attached hydrogens (tertiary/aromatic N) is 2. The SMILES string of the molecule is CC1CNCCN1C(=O)c1ccc2c(c1)NC(=O)CCN2C.Cl. The van der Waals surface area contributed by atoms with Gasteiger partial charge in [0.2, 0.25) is 5.91 Å². The number of anilines is 2. The van der Waals surface area contributed by atoms with Crippen molar-refractivity contribution >= 4 is 35.6 Å². The molecule has 6 nitrogen and oxygen atoms in total. The molecule has 126 valence electrons. The van der Waals surface area contributed by atoms with Gasteiger partial charge in [-0.3, -0.25) is 9.59 Å². The molecule has 3 rings (SSSR count). The van der Waals surface area contributed by atoms with Crippen molar-refractivity contribution in [2.75, 3.05) is 43.4 Å². The van der Waals surface area contributed by atoms with Crippen LogP contribution in [-0.4, -0.2) is 56.0 Å². The van der Waals surface area contributed by atoms with Gasteiger partial charge in [0, 0.05) is 51.3 Å². The quantitative estimate of drug-likeness (QED) is 0.810. The second-order valence-corrected chi connectivity index (χ2v) is 6.00. The molecule has 0 aromatic heterocycles. The molecule has 1 saturated heterocycles. The first kappa shape index (κ1) is 17.6. The minimum Gasteiger partial charge on any atom is -0.372 e.